The van der Waals surface area contributed by atoms with E-state index in [4.69, 9.17) is 0 Å². The summed E-state index contributed by atoms with van der Waals surface area (Å²) in [5, 5.41) is 16.1. The first-order valence-electron chi connectivity index (χ1n) is 7.30. The highest BCUT2D eigenvalue weighted by Crippen LogP contribution is 2.25. The Labute approximate surface area is 129 Å². The molecular weight excluding hydrogens is 286 g/mol. The summed E-state index contributed by atoms with van der Waals surface area (Å²) in [6.45, 7) is 3.91. The number of carbonyl (C=O) groups excluding carboxylic acids is 2. The first-order chi connectivity index (χ1) is 10.5. The number of hydrogen-bond acceptors (Lipinski definition) is 4. The van der Waals surface area contributed by atoms with E-state index >= 15 is 0 Å². The summed E-state index contributed by atoms with van der Waals surface area (Å²) in [6, 6.07) is 4.00. The molecule has 1 aromatic carbocycles. The third-order valence-electron chi connectivity index (χ3n) is 3.08. The zero-order valence-electron chi connectivity index (χ0n) is 12.8. The highest BCUT2D eigenvalue weighted by Gasteiger charge is 2.18. The van der Waals surface area contributed by atoms with Gasteiger partial charge in [0.05, 0.1) is 4.92 Å². The van der Waals surface area contributed by atoms with Crippen LogP contribution in [0.2, 0.25) is 0 Å². The molecule has 0 unspecified atom stereocenters. The van der Waals surface area contributed by atoms with Crippen LogP contribution in [0, 0.1) is 10.1 Å². The minimum Gasteiger partial charge on any atom is -0.352 e. The number of unbranched alkanes of at least 4 members (excludes halogenated alkanes) is 3. The maximum atomic E-state index is 12.0. The van der Waals surface area contributed by atoms with E-state index in [-0.39, 0.29) is 22.8 Å². The van der Waals surface area contributed by atoms with Gasteiger partial charge in [-0.25, -0.2) is 0 Å². The van der Waals surface area contributed by atoms with Gasteiger partial charge in [0.15, 0.2) is 0 Å². The van der Waals surface area contributed by atoms with Gasteiger partial charge < -0.3 is 10.6 Å². The Morgan fingerprint density at radius 3 is 2.55 bits per heavy atom. The number of rotatable bonds is 8. The fourth-order valence-corrected chi connectivity index (χ4v) is 1.98. The normalized spacial score (nSPS) is 10.1. The van der Waals surface area contributed by atoms with E-state index in [9.17, 15) is 19.7 Å². The molecule has 1 rings (SSSR count). The Bertz CT molecular complexity index is 558. The van der Waals surface area contributed by atoms with Crippen LogP contribution in [-0.2, 0) is 4.79 Å². The summed E-state index contributed by atoms with van der Waals surface area (Å²) in [5.41, 5.74) is -0.0119. The minimum atomic E-state index is -0.622. The van der Waals surface area contributed by atoms with Gasteiger partial charge in [0.1, 0.15) is 5.69 Å². The van der Waals surface area contributed by atoms with Gasteiger partial charge in [-0.05, 0) is 18.6 Å². The van der Waals surface area contributed by atoms with Crippen molar-refractivity contribution in [3.8, 4) is 0 Å². The van der Waals surface area contributed by atoms with Crippen LogP contribution in [-0.4, -0.2) is 23.3 Å². The molecule has 0 radical (unpaired) electrons. The van der Waals surface area contributed by atoms with E-state index in [1.807, 2.05) is 0 Å². The molecule has 0 aromatic heterocycles. The van der Waals surface area contributed by atoms with Gasteiger partial charge in [0.2, 0.25) is 5.91 Å². The predicted octanol–water partition coefficient (Wildman–Crippen LogP) is 2.86. The molecule has 22 heavy (non-hydrogen) atoms. The van der Waals surface area contributed by atoms with Crippen molar-refractivity contribution in [3.05, 3.63) is 33.9 Å². The second kappa shape index (κ2) is 8.76. The van der Waals surface area contributed by atoms with E-state index in [1.165, 1.54) is 25.1 Å². The lowest BCUT2D eigenvalue weighted by molar-refractivity contribution is -0.384. The van der Waals surface area contributed by atoms with Crippen LogP contribution in [0.4, 0.5) is 11.4 Å². The molecule has 0 heterocycles. The van der Waals surface area contributed by atoms with Crippen molar-refractivity contribution in [3.63, 3.8) is 0 Å². The van der Waals surface area contributed by atoms with Crippen LogP contribution in [0.3, 0.4) is 0 Å². The lowest BCUT2D eigenvalue weighted by Crippen LogP contribution is -2.24. The van der Waals surface area contributed by atoms with Crippen molar-refractivity contribution in [1.29, 1.82) is 0 Å². The zero-order chi connectivity index (χ0) is 16.5. The molecule has 0 aliphatic carbocycles. The Hall–Kier alpha value is -2.44. The maximum absolute atomic E-state index is 12.0. The first kappa shape index (κ1) is 17.6. The fraction of sp³-hybridized carbons (Fsp3) is 0.467. The second-order valence-electron chi connectivity index (χ2n) is 4.99. The fourth-order valence-electron chi connectivity index (χ4n) is 1.98. The number of benzene rings is 1. The molecule has 0 bridgehead atoms. The van der Waals surface area contributed by atoms with Gasteiger partial charge in [-0.3, -0.25) is 19.7 Å². The quantitative estimate of drug-likeness (QED) is 0.438. The lowest BCUT2D eigenvalue weighted by Gasteiger charge is -2.07. The van der Waals surface area contributed by atoms with E-state index in [1.54, 1.807) is 0 Å². The summed E-state index contributed by atoms with van der Waals surface area (Å²) >= 11 is 0. The summed E-state index contributed by atoms with van der Waals surface area (Å²) in [4.78, 5) is 33.4. The van der Waals surface area contributed by atoms with Crippen LogP contribution in [0.1, 0.15) is 49.9 Å². The van der Waals surface area contributed by atoms with E-state index in [0.717, 1.165) is 25.7 Å². The summed E-state index contributed by atoms with van der Waals surface area (Å²) in [5.74, 6) is -0.759. The molecule has 7 heteroatoms. The topological polar surface area (TPSA) is 101 Å². The van der Waals surface area contributed by atoms with Gasteiger partial charge in [-0.1, -0.05) is 26.2 Å². The third-order valence-corrected chi connectivity index (χ3v) is 3.08. The van der Waals surface area contributed by atoms with E-state index in [0.29, 0.717) is 6.54 Å². The van der Waals surface area contributed by atoms with Gasteiger partial charge in [-0.15, -0.1) is 0 Å². The SMILES string of the molecule is CCCCCCNC(=O)c1ccc(NC(C)=O)c([N+](=O)[O-])c1. The van der Waals surface area contributed by atoms with E-state index in [2.05, 4.69) is 17.6 Å². The smallest absolute Gasteiger partial charge is 0.293 e. The van der Waals surface area contributed by atoms with Crippen molar-refractivity contribution < 1.29 is 14.5 Å². The summed E-state index contributed by atoms with van der Waals surface area (Å²) in [6.07, 6.45) is 4.15. The number of nitro groups is 1. The van der Waals surface area contributed by atoms with E-state index < -0.39 is 10.8 Å². The molecule has 120 valence electrons. The average Bonchev–Trinajstić information content (AvgIpc) is 2.46. The van der Waals surface area contributed by atoms with Gasteiger partial charge in [0.25, 0.3) is 11.6 Å². The van der Waals surface area contributed by atoms with Crippen molar-refractivity contribution in [1.82, 2.24) is 5.32 Å². The van der Waals surface area contributed by atoms with Crippen LogP contribution < -0.4 is 10.6 Å². The number of nitrogens with zero attached hydrogens (tertiary/aromatic N) is 1. The molecule has 0 aliphatic rings. The van der Waals surface area contributed by atoms with Crippen LogP contribution in [0.15, 0.2) is 18.2 Å². The predicted molar refractivity (Wildman–Crippen MR) is 83.9 cm³/mol. The molecule has 7 nitrogen and oxygen atoms in total. The van der Waals surface area contributed by atoms with Gasteiger partial charge >= 0.3 is 0 Å². The number of nitro benzene ring substituents is 1. The molecule has 0 saturated carbocycles. The molecule has 1 aromatic rings. The van der Waals surface area contributed by atoms with Crippen molar-refractivity contribution in [2.45, 2.75) is 39.5 Å². The Morgan fingerprint density at radius 1 is 1.23 bits per heavy atom. The van der Waals surface area contributed by atoms with Crippen molar-refractivity contribution >= 4 is 23.2 Å². The molecule has 0 atom stereocenters. The molecule has 0 fully saturated rings. The van der Waals surface area contributed by atoms with Crippen molar-refractivity contribution in [2.24, 2.45) is 0 Å². The first-order valence-corrected chi connectivity index (χ1v) is 7.30. The Kier molecular flexibility index (Phi) is 7.01. The molecule has 2 amide bonds. The standard InChI is InChI=1S/C15H21N3O4/c1-3-4-5-6-9-16-15(20)12-7-8-13(17-11(2)19)14(10-12)18(21)22/h7-8,10H,3-6,9H2,1-2H3,(H,16,20)(H,17,19). The highest BCUT2D eigenvalue weighted by molar-refractivity contribution is 5.97. The Balaban J connectivity index is 2.74. The largest absolute Gasteiger partial charge is 0.352 e. The zero-order valence-corrected chi connectivity index (χ0v) is 12.8. The number of amides is 2. The third kappa shape index (κ3) is 5.51. The molecule has 2 N–H and O–H groups in total. The van der Waals surface area contributed by atoms with Crippen molar-refractivity contribution in [2.75, 3.05) is 11.9 Å². The number of hydrogen-bond donors (Lipinski definition) is 2. The summed E-state index contributed by atoms with van der Waals surface area (Å²) < 4.78 is 0. The second-order valence-corrected chi connectivity index (χ2v) is 4.99. The number of nitrogens with one attached hydrogen (secondary N) is 2. The van der Waals surface area contributed by atoms with Gasteiger partial charge in [0, 0.05) is 25.1 Å². The Morgan fingerprint density at radius 2 is 1.95 bits per heavy atom. The molecule has 0 spiro atoms. The summed E-state index contributed by atoms with van der Waals surface area (Å²) in [7, 11) is 0. The average molecular weight is 307 g/mol. The van der Waals surface area contributed by atoms with Crippen LogP contribution >= 0.6 is 0 Å². The minimum absolute atomic E-state index is 0.0806. The maximum Gasteiger partial charge on any atom is 0.293 e. The van der Waals surface area contributed by atoms with Gasteiger partial charge in [-0.2, -0.15) is 0 Å². The molecule has 0 aliphatic heterocycles. The molecular formula is C15H21N3O4. The van der Waals surface area contributed by atoms with Crippen LogP contribution in [0.25, 0.3) is 0 Å². The number of carbonyl (C=O) groups is 2. The van der Waals surface area contributed by atoms with Crippen LogP contribution in [0.5, 0.6) is 0 Å². The monoisotopic (exact) mass is 307 g/mol. The lowest BCUT2D eigenvalue weighted by atomic mass is 10.1. The number of anilines is 1. The molecule has 0 saturated heterocycles. The highest BCUT2D eigenvalue weighted by atomic mass is 16.6.